The minimum Gasteiger partial charge on any atom is -0.493 e. The minimum atomic E-state index is -3.74. The van der Waals surface area contributed by atoms with Crippen molar-refractivity contribution in [2.24, 2.45) is 13.0 Å². The summed E-state index contributed by atoms with van der Waals surface area (Å²) in [5.41, 5.74) is 2.24. The normalized spacial score (nSPS) is 15.3. The molecule has 1 saturated heterocycles. The van der Waals surface area contributed by atoms with Crippen LogP contribution in [0.2, 0.25) is 0 Å². The summed E-state index contributed by atoms with van der Waals surface area (Å²) >= 11 is 0. The number of fused-ring (bicyclic) bond motifs is 1. The van der Waals surface area contributed by atoms with E-state index < -0.39 is 10.0 Å². The smallest absolute Gasteiger partial charge is 0.275 e. The van der Waals surface area contributed by atoms with Crippen LogP contribution in [0.3, 0.4) is 0 Å². The second-order valence-corrected chi connectivity index (χ2v) is 11.2. The zero-order valence-corrected chi connectivity index (χ0v) is 21.9. The number of aromatic nitrogens is 3. The Labute approximate surface area is 211 Å². The molecule has 3 aromatic rings. The van der Waals surface area contributed by atoms with Crippen molar-refractivity contribution in [2.45, 2.75) is 57.3 Å². The lowest BCUT2D eigenvalue weighted by molar-refractivity contribution is 0.265. The molecular formula is C26H33N5O4S. The Morgan fingerprint density at radius 1 is 1.25 bits per heavy atom. The van der Waals surface area contributed by atoms with Crippen LogP contribution in [0.25, 0.3) is 22.4 Å². The van der Waals surface area contributed by atoms with Gasteiger partial charge in [-0.15, -0.1) is 0 Å². The summed E-state index contributed by atoms with van der Waals surface area (Å²) in [5.74, 6) is 1.12. The Balaban J connectivity index is 1.74. The molecule has 1 aromatic carbocycles. The van der Waals surface area contributed by atoms with Crippen LogP contribution in [0.5, 0.6) is 5.75 Å². The summed E-state index contributed by atoms with van der Waals surface area (Å²) in [7, 11) is -1.92. The number of aromatic amines is 1. The molecule has 1 fully saturated rings. The summed E-state index contributed by atoms with van der Waals surface area (Å²) in [6, 6.07) is 6.90. The van der Waals surface area contributed by atoms with Crippen LogP contribution in [0.15, 0.2) is 34.1 Å². The van der Waals surface area contributed by atoms with Gasteiger partial charge in [0, 0.05) is 32.8 Å². The average Bonchev–Trinajstić information content (AvgIpc) is 3.19. The molecule has 192 valence electrons. The van der Waals surface area contributed by atoms with Crippen molar-refractivity contribution in [1.82, 2.24) is 18.8 Å². The number of hydrogen-bond donors (Lipinski definition) is 1. The topological polar surface area (TPSA) is 121 Å². The van der Waals surface area contributed by atoms with E-state index in [0.717, 1.165) is 37.7 Å². The number of nitriles is 1. The van der Waals surface area contributed by atoms with E-state index in [4.69, 9.17) is 15.0 Å². The summed E-state index contributed by atoms with van der Waals surface area (Å²) in [6.45, 7) is 5.15. The number of aryl methyl sites for hydroxylation is 2. The molecule has 0 radical (unpaired) electrons. The van der Waals surface area contributed by atoms with Crippen LogP contribution in [-0.2, 0) is 23.5 Å². The first-order valence-corrected chi connectivity index (χ1v) is 14.0. The van der Waals surface area contributed by atoms with Crippen LogP contribution >= 0.6 is 0 Å². The lowest BCUT2D eigenvalue weighted by atomic mass is 9.93. The number of hydrogen-bond acceptors (Lipinski definition) is 6. The zero-order valence-electron chi connectivity index (χ0n) is 21.1. The molecule has 0 atom stereocenters. The van der Waals surface area contributed by atoms with E-state index in [-0.39, 0.29) is 16.3 Å². The number of nitrogens with one attached hydrogen (secondary N) is 1. The molecule has 0 aliphatic carbocycles. The third-order valence-corrected chi connectivity index (χ3v) is 8.70. The highest BCUT2D eigenvalue weighted by atomic mass is 32.2. The van der Waals surface area contributed by atoms with Crippen molar-refractivity contribution in [3.05, 3.63) is 40.3 Å². The van der Waals surface area contributed by atoms with Crippen molar-refractivity contribution in [3.63, 3.8) is 0 Å². The van der Waals surface area contributed by atoms with Gasteiger partial charge in [-0.1, -0.05) is 13.3 Å². The van der Waals surface area contributed by atoms with Crippen molar-refractivity contribution in [2.75, 3.05) is 19.7 Å². The molecule has 1 N–H and O–H groups in total. The summed E-state index contributed by atoms with van der Waals surface area (Å²) in [5, 5.41) is 8.83. The standard InChI is InChI=1S/C26H33N5O4S/c1-4-7-19-17-30(3)24-23(19)28-25(29-26(24)32)21-16-20(9-10-22(21)35-5-2)36(33,34)31-14-11-18(12-15-31)8-6-13-27/h9-10,16-18H,4-8,11-12,14-15H2,1-3H3,(H,28,29,32). The summed E-state index contributed by atoms with van der Waals surface area (Å²) in [6.07, 6.45) is 6.40. The van der Waals surface area contributed by atoms with Gasteiger partial charge in [-0.3, -0.25) is 4.79 Å². The Morgan fingerprint density at radius 2 is 2.00 bits per heavy atom. The van der Waals surface area contributed by atoms with Gasteiger partial charge in [0.15, 0.2) is 0 Å². The van der Waals surface area contributed by atoms with Crippen LogP contribution < -0.4 is 10.3 Å². The van der Waals surface area contributed by atoms with Gasteiger partial charge in [-0.05, 0) is 62.3 Å². The molecule has 0 unspecified atom stereocenters. The van der Waals surface area contributed by atoms with Crippen molar-refractivity contribution in [3.8, 4) is 23.2 Å². The van der Waals surface area contributed by atoms with Gasteiger partial charge in [-0.2, -0.15) is 9.57 Å². The zero-order chi connectivity index (χ0) is 25.9. The van der Waals surface area contributed by atoms with Gasteiger partial charge < -0.3 is 14.3 Å². The predicted molar refractivity (Wildman–Crippen MR) is 138 cm³/mol. The lowest BCUT2D eigenvalue weighted by Crippen LogP contribution is -2.38. The number of benzene rings is 1. The largest absolute Gasteiger partial charge is 0.493 e. The average molecular weight is 512 g/mol. The molecule has 3 heterocycles. The first-order chi connectivity index (χ1) is 17.3. The maximum atomic E-state index is 13.5. The number of nitrogens with zero attached hydrogens (tertiary/aromatic N) is 4. The molecule has 0 amide bonds. The molecule has 1 aliphatic heterocycles. The van der Waals surface area contributed by atoms with Crippen LogP contribution in [0.1, 0.15) is 51.5 Å². The number of ether oxygens (including phenoxy) is 1. The number of H-pyrrole nitrogens is 1. The lowest BCUT2D eigenvalue weighted by Gasteiger charge is -2.31. The Hall–Kier alpha value is -3.16. The van der Waals surface area contributed by atoms with E-state index in [1.807, 2.05) is 20.2 Å². The molecule has 10 heteroatoms. The SMILES string of the molecule is CCCc1cn(C)c2c(=O)[nH]c(-c3cc(S(=O)(=O)N4CCC(CCC#N)CC4)ccc3OCC)nc12. The second-order valence-electron chi connectivity index (χ2n) is 9.26. The van der Waals surface area contributed by atoms with Gasteiger partial charge in [0.2, 0.25) is 10.0 Å². The fourth-order valence-electron chi connectivity index (χ4n) is 4.95. The first kappa shape index (κ1) is 25.9. The molecule has 0 bridgehead atoms. The van der Waals surface area contributed by atoms with E-state index in [9.17, 15) is 13.2 Å². The van der Waals surface area contributed by atoms with E-state index in [2.05, 4.69) is 18.0 Å². The first-order valence-electron chi connectivity index (χ1n) is 12.5. The van der Waals surface area contributed by atoms with Gasteiger partial charge in [-0.25, -0.2) is 13.4 Å². The second kappa shape index (κ2) is 10.8. The third kappa shape index (κ3) is 5.04. The predicted octanol–water partition coefficient (Wildman–Crippen LogP) is 3.98. The molecule has 0 spiro atoms. The van der Waals surface area contributed by atoms with Gasteiger partial charge in [0.1, 0.15) is 17.1 Å². The molecule has 36 heavy (non-hydrogen) atoms. The highest BCUT2D eigenvalue weighted by molar-refractivity contribution is 7.89. The van der Waals surface area contributed by atoms with Crippen molar-refractivity contribution in [1.29, 1.82) is 5.26 Å². The molecule has 0 saturated carbocycles. The molecule has 4 rings (SSSR count). The number of sulfonamides is 1. The van der Waals surface area contributed by atoms with E-state index in [1.54, 1.807) is 22.8 Å². The number of rotatable bonds is 9. The Kier molecular flexibility index (Phi) is 7.81. The molecule has 1 aliphatic rings. The summed E-state index contributed by atoms with van der Waals surface area (Å²) < 4.78 is 36.1. The Morgan fingerprint density at radius 3 is 2.67 bits per heavy atom. The number of piperidine rings is 1. The summed E-state index contributed by atoms with van der Waals surface area (Å²) in [4.78, 5) is 20.8. The van der Waals surface area contributed by atoms with E-state index >= 15 is 0 Å². The van der Waals surface area contributed by atoms with Crippen molar-refractivity contribution < 1.29 is 13.2 Å². The maximum absolute atomic E-state index is 13.5. The molecule has 9 nitrogen and oxygen atoms in total. The van der Waals surface area contributed by atoms with E-state index in [1.165, 1.54) is 4.31 Å². The Bertz CT molecular complexity index is 1440. The van der Waals surface area contributed by atoms with Gasteiger partial charge in [0.05, 0.1) is 28.7 Å². The quantitative estimate of drug-likeness (QED) is 0.464. The van der Waals surface area contributed by atoms with Crippen LogP contribution in [-0.4, -0.2) is 47.0 Å². The van der Waals surface area contributed by atoms with E-state index in [0.29, 0.717) is 54.4 Å². The fourth-order valence-corrected chi connectivity index (χ4v) is 6.45. The maximum Gasteiger partial charge on any atom is 0.275 e. The van der Waals surface area contributed by atoms with Gasteiger partial charge >= 0.3 is 0 Å². The fraction of sp³-hybridized carbons (Fsp3) is 0.500. The third-order valence-electron chi connectivity index (χ3n) is 6.80. The molecular weight excluding hydrogens is 478 g/mol. The molecule has 2 aromatic heterocycles. The highest BCUT2D eigenvalue weighted by Gasteiger charge is 2.30. The monoisotopic (exact) mass is 511 g/mol. The van der Waals surface area contributed by atoms with Crippen LogP contribution in [0, 0.1) is 17.2 Å². The van der Waals surface area contributed by atoms with Crippen molar-refractivity contribution >= 4 is 21.1 Å². The van der Waals surface area contributed by atoms with Crippen LogP contribution in [0.4, 0.5) is 0 Å². The van der Waals surface area contributed by atoms with Gasteiger partial charge in [0.25, 0.3) is 5.56 Å². The highest BCUT2D eigenvalue weighted by Crippen LogP contribution is 2.33. The minimum absolute atomic E-state index is 0.140.